The second kappa shape index (κ2) is 8.84. The minimum absolute atomic E-state index is 0.0453. The number of aryl methyl sites for hydroxylation is 1. The van der Waals surface area contributed by atoms with Crippen LogP contribution in [0.5, 0.6) is 11.5 Å². The second-order valence-corrected chi connectivity index (χ2v) is 7.98. The molecule has 0 saturated carbocycles. The highest BCUT2D eigenvalue weighted by Crippen LogP contribution is 2.35. The number of carbonyl (C=O) groups is 1. The normalized spacial score (nSPS) is 14.8. The van der Waals surface area contributed by atoms with E-state index in [0.717, 1.165) is 51.7 Å². The van der Waals surface area contributed by atoms with Gasteiger partial charge in [-0.15, -0.1) is 0 Å². The molecule has 4 rings (SSSR count). The Morgan fingerprint density at radius 3 is 2.77 bits per heavy atom. The van der Waals surface area contributed by atoms with Crippen molar-refractivity contribution in [1.29, 1.82) is 0 Å². The highest BCUT2D eigenvalue weighted by atomic mass is 16.5. The molecule has 1 N–H and O–H groups in total. The molecule has 3 aromatic rings. The molecule has 1 aliphatic heterocycles. The van der Waals surface area contributed by atoms with Gasteiger partial charge in [-0.05, 0) is 52.0 Å². The molecule has 2 heterocycles. The van der Waals surface area contributed by atoms with E-state index in [-0.39, 0.29) is 18.4 Å². The Morgan fingerprint density at radius 1 is 1.26 bits per heavy atom. The van der Waals surface area contributed by atoms with Gasteiger partial charge < -0.3 is 14.8 Å². The number of para-hydroxylation sites is 1. The van der Waals surface area contributed by atoms with E-state index >= 15 is 0 Å². The summed E-state index contributed by atoms with van der Waals surface area (Å²) in [7, 11) is 0. The van der Waals surface area contributed by atoms with E-state index < -0.39 is 0 Å². The van der Waals surface area contributed by atoms with Crippen LogP contribution in [0.25, 0.3) is 5.69 Å². The third-order valence-corrected chi connectivity index (χ3v) is 5.63. The summed E-state index contributed by atoms with van der Waals surface area (Å²) >= 11 is 0. The molecule has 1 aromatic heterocycles. The highest BCUT2D eigenvalue weighted by Gasteiger charge is 2.22. The van der Waals surface area contributed by atoms with E-state index in [4.69, 9.17) is 9.47 Å². The average Bonchev–Trinajstić information content (AvgIpc) is 3.25. The summed E-state index contributed by atoms with van der Waals surface area (Å²) in [6.45, 7) is 8.94. The maximum Gasteiger partial charge on any atom is 0.224 e. The molecular weight excluding hydrogens is 390 g/mol. The van der Waals surface area contributed by atoms with Gasteiger partial charge in [0.2, 0.25) is 5.91 Å². The Labute approximate surface area is 183 Å². The highest BCUT2D eigenvalue weighted by molar-refractivity contribution is 5.79. The lowest BCUT2D eigenvalue weighted by Gasteiger charge is -2.13. The smallest absolute Gasteiger partial charge is 0.224 e. The van der Waals surface area contributed by atoms with E-state index in [9.17, 15) is 4.79 Å². The van der Waals surface area contributed by atoms with Crippen LogP contribution in [-0.4, -0.2) is 28.4 Å². The van der Waals surface area contributed by atoms with Gasteiger partial charge in [0.05, 0.1) is 24.4 Å². The van der Waals surface area contributed by atoms with Crippen LogP contribution in [0.2, 0.25) is 0 Å². The first-order valence-corrected chi connectivity index (χ1v) is 10.8. The van der Waals surface area contributed by atoms with Crippen LogP contribution >= 0.6 is 0 Å². The molecule has 0 fully saturated rings. The molecule has 31 heavy (non-hydrogen) atoms. The lowest BCUT2D eigenvalue weighted by atomic mass is 10.1. The van der Waals surface area contributed by atoms with Crippen LogP contribution in [0, 0.1) is 13.8 Å². The number of fused-ring (bicyclic) bond motifs is 1. The summed E-state index contributed by atoms with van der Waals surface area (Å²) in [4.78, 5) is 12.8. The molecule has 0 bridgehead atoms. The zero-order valence-corrected chi connectivity index (χ0v) is 18.6. The van der Waals surface area contributed by atoms with Crippen LogP contribution in [0.4, 0.5) is 0 Å². The summed E-state index contributed by atoms with van der Waals surface area (Å²) in [6, 6.07) is 14.0. The van der Waals surface area contributed by atoms with Crippen molar-refractivity contribution in [2.75, 3.05) is 6.61 Å². The maximum absolute atomic E-state index is 12.8. The number of amides is 1. The van der Waals surface area contributed by atoms with Gasteiger partial charge in [-0.25, -0.2) is 4.68 Å². The molecule has 6 nitrogen and oxygen atoms in total. The van der Waals surface area contributed by atoms with Gasteiger partial charge >= 0.3 is 0 Å². The van der Waals surface area contributed by atoms with Crippen molar-refractivity contribution in [1.82, 2.24) is 15.1 Å². The van der Waals surface area contributed by atoms with Crippen molar-refractivity contribution in [3.8, 4) is 17.2 Å². The molecule has 1 amide bonds. The number of hydrogen-bond acceptors (Lipinski definition) is 4. The topological polar surface area (TPSA) is 65.4 Å². The summed E-state index contributed by atoms with van der Waals surface area (Å²) in [5.41, 5.74) is 5.88. The van der Waals surface area contributed by atoms with E-state index in [1.54, 1.807) is 0 Å². The lowest BCUT2D eigenvalue weighted by Crippen LogP contribution is -2.25. The zero-order valence-electron chi connectivity index (χ0n) is 18.6. The molecule has 0 aliphatic carbocycles. The summed E-state index contributed by atoms with van der Waals surface area (Å²) in [5, 5.41) is 7.68. The first-order chi connectivity index (χ1) is 15.0. The summed E-state index contributed by atoms with van der Waals surface area (Å²) in [5.74, 6) is 1.65. The molecule has 2 aromatic carbocycles. The molecular formula is C25H29N3O3. The molecule has 0 spiro atoms. The predicted molar refractivity (Wildman–Crippen MR) is 120 cm³/mol. The fourth-order valence-electron chi connectivity index (χ4n) is 4.08. The lowest BCUT2D eigenvalue weighted by molar-refractivity contribution is -0.120. The van der Waals surface area contributed by atoms with Crippen molar-refractivity contribution in [2.45, 2.75) is 53.2 Å². The molecule has 6 heteroatoms. The van der Waals surface area contributed by atoms with Gasteiger partial charge in [0.25, 0.3) is 0 Å². The fourth-order valence-corrected chi connectivity index (χ4v) is 4.08. The number of hydrogen-bond donors (Lipinski definition) is 1. The van der Waals surface area contributed by atoms with Crippen LogP contribution in [0.3, 0.4) is 0 Å². The van der Waals surface area contributed by atoms with E-state index in [1.807, 2.05) is 67.9 Å². The van der Waals surface area contributed by atoms with E-state index in [1.165, 1.54) is 0 Å². The number of aromatic nitrogens is 2. The molecule has 0 unspecified atom stereocenters. The van der Waals surface area contributed by atoms with Gasteiger partial charge in [0.15, 0.2) is 0 Å². The Kier molecular flexibility index (Phi) is 5.98. The minimum Gasteiger partial charge on any atom is -0.494 e. The Hall–Kier alpha value is -3.28. The van der Waals surface area contributed by atoms with Gasteiger partial charge in [0, 0.05) is 35.3 Å². The molecule has 0 radical (unpaired) electrons. The maximum atomic E-state index is 12.8. The Morgan fingerprint density at radius 2 is 2.03 bits per heavy atom. The first kappa shape index (κ1) is 21.0. The van der Waals surface area contributed by atoms with Crippen molar-refractivity contribution < 1.29 is 14.3 Å². The van der Waals surface area contributed by atoms with E-state index in [2.05, 4.69) is 17.3 Å². The standard InChI is InChI=1S/C25H29N3O3/c1-5-30-23-12-19-11-16(2)31-24(19)13-20(23)15-26-25(29)14-22-17(3)27-28(18(22)4)21-9-7-6-8-10-21/h6-10,12-13,16H,5,11,14-15H2,1-4H3,(H,26,29)/t16-/m1/s1. The zero-order chi connectivity index (χ0) is 22.0. The van der Waals surface area contributed by atoms with Crippen molar-refractivity contribution in [3.05, 3.63) is 70.5 Å². The predicted octanol–water partition coefficient (Wildman–Crippen LogP) is 4.07. The van der Waals surface area contributed by atoms with Gasteiger partial charge in [-0.3, -0.25) is 4.79 Å². The number of benzene rings is 2. The van der Waals surface area contributed by atoms with Crippen molar-refractivity contribution in [3.63, 3.8) is 0 Å². The largest absolute Gasteiger partial charge is 0.494 e. The second-order valence-electron chi connectivity index (χ2n) is 7.98. The molecule has 0 saturated heterocycles. The number of ether oxygens (including phenoxy) is 2. The number of nitrogens with one attached hydrogen (secondary N) is 1. The number of nitrogens with zero attached hydrogens (tertiary/aromatic N) is 2. The number of rotatable bonds is 7. The average molecular weight is 420 g/mol. The molecule has 162 valence electrons. The van der Waals surface area contributed by atoms with Gasteiger partial charge in [-0.1, -0.05) is 18.2 Å². The third kappa shape index (κ3) is 4.43. The summed E-state index contributed by atoms with van der Waals surface area (Å²) < 4.78 is 13.6. The first-order valence-electron chi connectivity index (χ1n) is 10.8. The summed E-state index contributed by atoms with van der Waals surface area (Å²) in [6.07, 6.45) is 1.33. The Balaban J connectivity index is 1.47. The number of carbonyl (C=O) groups excluding carboxylic acids is 1. The molecule has 1 aliphatic rings. The van der Waals surface area contributed by atoms with Crippen LogP contribution < -0.4 is 14.8 Å². The van der Waals surface area contributed by atoms with Crippen molar-refractivity contribution >= 4 is 5.91 Å². The van der Waals surface area contributed by atoms with Crippen molar-refractivity contribution in [2.24, 2.45) is 0 Å². The monoisotopic (exact) mass is 419 g/mol. The van der Waals surface area contributed by atoms with Crippen LogP contribution in [0.15, 0.2) is 42.5 Å². The minimum atomic E-state index is -0.0453. The SMILES string of the molecule is CCOc1cc2c(cc1CNC(=O)Cc1c(C)nn(-c3ccccc3)c1C)O[C@H](C)C2. The van der Waals surface area contributed by atoms with E-state index in [0.29, 0.717) is 13.2 Å². The van der Waals surface area contributed by atoms with Crippen LogP contribution in [-0.2, 0) is 24.2 Å². The third-order valence-electron chi connectivity index (χ3n) is 5.63. The van der Waals surface area contributed by atoms with Gasteiger partial charge in [-0.2, -0.15) is 5.10 Å². The fraction of sp³-hybridized carbons (Fsp3) is 0.360. The van der Waals surface area contributed by atoms with Gasteiger partial charge in [0.1, 0.15) is 17.6 Å². The molecule has 1 atom stereocenters. The quantitative estimate of drug-likeness (QED) is 0.627. The van der Waals surface area contributed by atoms with Crippen LogP contribution in [0.1, 0.15) is 41.9 Å². The Bertz CT molecular complexity index is 1090.